The molecule has 2 aromatic carbocycles. The van der Waals surface area contributed by atoms with Crippen molar-refractivity contribution in [2.75, 3.05) is 27.2 Å². The largest absolute Gasteiger partial charge is 0.493 e. The molecule has 1 saturated carbocycles. The van der Waals surface area contributed by atoms with E-state index in [9.17, 15) is 4.79 Å². The summed E-state index contributed by atoms with van der Waals surface area (Å²) >= 11 is 0. The van der Waals surface area contributed by atoms with Crippen molar-refractivity contribution in [3.8, 4) is 11.5 Å². The summed E-state index contributed by atoms with van der Waals surface area (Å²) in [6, 6.07) is 16.2. The fourth-order valence-electron chi connectivity index (χ4n) is 4.84. The predicted molar refractivity (Wildman–Crippen MR) is 123 cm³/mol. The lowest BCUT2D eigenvalue weighted by molar-refractivity contribution is 0.0919. The SMILES string of the molecule is COc1cc(C(=O)N[C@@H]2CCCC[C@H]2c2ccccc2)ccc1OC1CCN(C)CC1. The lowest BCUT2D eigenvalue weighted by Crippen LogP contribution is -2.41. The maximum atomic E-state index is 13.1. The van der Waals surface area contributed by atoms with Crippen molar-refractivity contribution < 1.29 is 14.3 Å². The number of likely N-dealkylation sites (tertiary alicyclic amines) is 1. The number of amides is 1. The third-order valence-electron chi connectivity index (χ3n) is 6.70. The number of hydrogen-bond donors (Lipinski definition) is 1. The molecule has 1 heterocycles. The Kier molecular flexibility index (Phi) is 7.13. The molecular formula is C26H34N2O3. The van der Waals surface area contributed by atoms with Crippen molar-refractivity contribution in [1.29, 1.82) is 0 Å². The number of carbonyl (C=O) groups excluding carboxylic acids is 1. The summed E-state index contributed by atoms with van der Waals surface area (Å²) in [5.74, 6) is 1.66. The van der Waals surface area contributed by atoms with Gasteiger partial charge in [-0.3, -0.25) is 4.79 Å². The van der Waals surface area contributed by atoms with Crippen LogP contribution in [-0.2, 0) is 0 Å². The lowest BCUT2D eigenvalue weighted by Gasteiger charge is -2.32. The Labute approximate surface area is 185 Å². The molecule has 0 radical (unpaired) electrons. The van der Waals surface area contributed by atoms with E-state index in [1.54, 1.807) is 13.2 Å². The van der Waals surface area contributed by atoms with E-state index in [1.807, 2.05) is 18.2 Å². The fourth-order valence-corrected chi connectivity index (χ4v) is 4.84. The molecule has 0 spiro atoms. The van der Waals surface area contributed by atoms with Gasteiger partial charge in [-0.1, -0.05) is 43.2 Å². The van der Waals surface area contributed by atoms with Gasteiger partial charge in [0.25, 0.3) is 5.91 Å². The van der Waals surface area contributed by atoms with Gasteiger partial charge < -0.3 is 19.7 Å². The number of methoxy groups -OCH3 is 1. The number of nitrogens with one attached hydrogen (secondary N) is 1. The van der Waals surface area contributed by atoms with Crippen LogP contribution in [0.4, 0.5) is 0 Å². The molecule has 0 aromatic heterocycles. The number of hydrogen-bond acceptors (Lipinski definition) is 4. The Morgan fingerprint density at radius 3 is 2.45 bits per heavy atom. The summed E-state index contributed by atoms with van der Waals surface area (Å²) in [4.78, 5) is 15.4. The van der Waals surface area contributed by atoms with Gasteiger partial charge in [0, 0.05) is 30.6 Å². The van der Waals surface area contributed by atoms with Crippen LogP contribution in [0.15, 0.2) is 48.5 Å². The van der Waals surface area contributed by atoms with Gasteiger partial charge in [0.2, 0.25) is 0 Å². The third-order valence-corrected chi connectivity index (χ3v) is 6.70. The van der Waals surface area contributed by atoms with Crippen LogP contribution >= 0.6 is 0 Å². The molecule has 1 saturated heterocycles. The minimum absolute atomic E-state index is 0.0445. The molecule has 4 rings (SSSR count). The molecule has 2 atom stereocenters. The predicted octanol–water partition coefficient (Wildman–Crippen LogP) is 4.62. The average Bonchev–Trinajstić information content (AvgIpc) is 2.81. The van der Waals surface area contributed by atoms with Crippen LogP contribution in [0, 0.1) is 0 Å². The zero-order valence-electron chi connectivity index (χ0n) is 18.7. The summed E-state index contributed by atoms with van der Waals surface area (Å²) in [6.07, 6.45) is 6.69. The van der Waals surface area contributed by atoms with E-state index in [4.69, 9.17) is 9.47 Å². The molecule has 2 aliphatic rings. The van der Waals surface area contributed by atoms with Crippen molar-refractivity contribution in [3.63, 3.8) is 0 Å². The van der Waals surface area contributed by atoms with Gasteiger partial charge in [-0.15, -0.1) is 0 Å². The summed E-state index contributed by atoms with van der Waals surface area (Å²) < 4.78 is 11.8. The van der Waals surface area contributed by atoms with Crippen LogP contribution in [0.25, 0.3) is 0 Å². The Morgan fingerprint density at radius 2 is 1.71 bits per heavy atom. The third kappa shape index (κ3) is 5.40. The first kappa shape index (κ1) is 21.7. The lowest BCUT2D eigenvalue weighted by atomic mass is 9.80. The zero-order chi connectivity index (χ0) is 21.6. The quantitative estimate of drug-likeness (QED) is 0.738. The monoisotopic (exact) mass is 422 g/mol. The van der Waals surface area contributed by atoms with Crippen molar-refractivity contribution >= 4 is 5.91 Å². The van der Waals surface area contributed by atoms with Gasteiger partial charge in [0.05, 0.1) is 7.11 Å². The summed E-state index contributed by atoms with van der Waals surface area (Å²) in [7, 11) is 3.77. The highest BCUT2D eigenvalue weighted by Gasteiger charge is 2.28. The number of benzene rings is 2. The molecule has 5 heteroatoms. The number of carbonyl (C=O) groups is 1. The van der Waals surface area contributed by atoms with Gasteiger partial charge in [-0.25, -0.2) is 0 Å². The molecule has 5 nitrogen and oxygen atoms in total. The highest BCUT2D eigenvalue weighted by Crippen LogP contribution is 2.34. The molecular weight excluding hydrogens is 388 g/mol. The average molecular weight is 423 g/mol. The first-order valence-corrected chi connectivity index (χ1v) is 11.5. The number of nitrogens with zero attached hydrogens (tertiary/aromatic N) is 1. The van der Waals surface area contributed by atoms with Crippen LogP contribution in [0.1, 0.15) is 60.4 Å². The number of rotatable bonds is 6. The van der Waals surface area contributed by atoms with Gasteiger partial charge in [-0.05, 0) is 56.5 Å². The Balaban J connectivity index is 1.44. The molecule has 0 bridgehead atoms. The van der Waals surface area contributed by atoms with E-state index in [1.165, 1.54) is 12.0 Å². The molecule has 1 N–H and O–H groups in total. The molecule has 31 heavy (non-hydrogen) atoms. The molecule has 166 valence electrons. The van der Waals surface area contributed by atoms with Gasteiger partial charge in [-0.2, -0.15) is 0 Å². The molecule has 1 aliphatic carbocycles. The minimum atomic E-state index is -0.0445. The van der Waals surface area contributed by atoms with Gasteiger partial charge >= 0.3 is 0 Å². The van der Waals surface area contributed by atoms with Crippen LogP contribution in [-0.4, -0.2) is 50.2 Å². The number of ether oxygens (including phenoxy) is 2. The normalized spacial score (nSPS) is 22.6. The Hall–Kier alpha value is -2.53. The highest BCUT2D eigenvalue weighted by atomic mass is 16.5. The van der Waals surface area contributed by atoms with Gasteiger partial charge in [0.15, 0.2) is 11.5 Å². The van der Waals surface area contributed by atoms with E-state index >= 15 is 0 Å². The van der Waals surface area contributed by atoms with Crippen molar-refractivity contribution in [2.45, 2.75) is 56.6 Å². The van der Waals surface area contributed by atoms with E-state index in [-0.39, 0.29) is 18.1 Å². The topological polar surface area (TPSA) is 50.8 Å². The van der Waals surface area contributed by atoms with Gasteiger partial charge in [0.1, 0.15) is 6.10 Å². The van der Waals surface area contributed by atoms with E-state index in [2.05, 4.69) is 41.5 Å². The standard InChI is InChI=1S/C26H34N2O3/c1-28-16-14-21(15-17-28)31-24-13-12-20(18-25(24)30-2)26(29)27-23-11-7-6-10-22(23)19-8-4-3-5-9-19/h3-5,8-9,12-13,18,21-23H,6-7,10-11,14-17H2,1-2H3,(H,27,29)/t22-,23+/m0/s1. The molecule has 1 aliphatic heterocycles. The molecule has 2 aromatic rings. The van der Waals surface area contributed by atoms with Crippen molar-refractivity contribution in [1.82, 2.24) is 10.2 Å². The maximum Gasteiger partial charge on any atom is 0.251 e. The maximum absolute atomic E-state index is 13.1. The smallest absolute Gasteiger partial charge is 0.251 e. The molecule has 1 amide bonds. The van der Waals surface area contributed by atoms with Crippen molar-refractivity contribution in [2.24, 2.45) is 0 Å². The van der Waals surface area contributed by atoms with Crippen molar-refractivity contribution in [3.05, 3.63) is 59.7 Å². The van der Waals surface area contributed by atoms with Crippen LogP contribution < -0.4 is 14.8 Å². The van der Waals surface area contributed by atoms with Crippen LogP contribution in [0.5, 0.6) is 11.5 Å². The second-order valence-electron chi connectivity index (χ2n) is 8.87. The summed E-state index contributed by atoms with van der Waals surface area (Å²) in [6.45, 7) is 2.08. The molecule has 2 fully saturated rings. The minimum Gasteiger partial charge on any atom is -0.493 e. The highest BCUT2D eigenvalue weighted by molar-refractivity contribution is 5.95. The summed E-state index contributed by atoms with van der Waals surface area (Å²) in [5, 5.41) is 3.30. The molecule has 0 unspecified atom stereocenters. The summed E-state index contributed by atoms with van der Waals surface area (Å²) in [5.41, 5.74) is 1.93. The van der Waals surface area contributed by atoms with Crippen LogP contribution in [0.3, 0.4) is 0 Å². The zero-order valence-corrected chi connectivity index (χ0v) is 18.7. The van der Waals surface area contributed by atoms with Crippen LogP contribution in [0.2, 0.25) is 0 Å². The van der Waals surface area contributed by atoms with E-state index in [0.717, 1.165) is 45.2 Å². The first-order chi connectivity index (χ1) is 15.1. The Bertz CT molecular complexity index is 862. The second-order valence-corrected chi connectivity index (χ2v) is 8.87. The first-order valence-electron chi connectivity index (χ1n) is 11.5. The fraction of sp³-hybridized carbons (Fsp3) is 0.500. The van der Waals surface area contributed by atoms with E-state index < -0.39 is 0 Å². The Morgan fingerprint density at radius 1 is 0.968 bits per heavy atom. The number of piperidine rings is 1. The second kappa shape index (κ2) is 10.2. The van der Waals surface area contributed by atoms with E-state index in [0.29, 0.717) is 23.0 Å².